The molecule has 1 N–H and O–H groups in total. The van der Waals surface area contributed by atoms with E-state index in [4.69, 9.17) is 14.7 Å². The highest BCUT2D eigenvalue weighted by Gasteiger charge is 2.38. The number of benzene rings is 2. The van der Waals surface area contributed by atoms with Gasteiger partial charge in [-0.3, -0.25) is 9.89 Å². The van der Waals surface area contributed by atoms with Crippen LogP contribution >= 0.6 is 0 Å². The number of amides is 2. The van der Waals surface area contributed by atoms with Crippen molar-refractivity contribution in [1.82, 2.24) is 25.2 Å². The number of carbonyl (C=O) groups is 2. The number of alkyl halides is 3. The van der Waals surface area contributed by atoms with E-state index in [9.17, 15) is 22.8 Å². The molecule has 1 fully saturated rings. The number of hydrogen-bond donors (Lipinski definition) is 1. The van der Waals surface area contributed by atoms with Crippen LogP contribution < -0.4 is 4.74 Å². The highest BCUT2D eigenvalue weighted by atomic mass is 19.4. The van der Waals surface area contributed by atoms with Crippen LogP contribution in [0.15, 0.2) is 48.2 Å². The average Bonchev–Trinajstić information content (AvgIpc) is 3.60. The van der Waals surface area contributed by atoms with Gasteiger partial charge in [0.1, 0.15) is 17.9 Å². The number of nitriles is 1. The Morgan fingerprint density at radius 1 is 1.19 bits per heavy atom. The number of hydrogen-bond acceptors (Lipinski definition) is 7. The molecule has 2 aromatic carbocycles. The fraction of sp³-hybridized carbons (Fsp3) is 0.292. The van der Waals surface area contributed by atoms with Crippen molar-refractivity contribution >= 4 is 23.0 Å². The molecule has 2 aliphatic rings. The van der Waals surface area contributed by atoms with Crippen molar-refractivity contribution in [3.8, 4) is 11.8 Å². The maximum Gasteiger partial charge on any atom is 0.422 e. The number of H-pyrrole nitrogens is 1. The third kappa shape index (κ3) is 5.18. The van der Waals surface area contributed by atoms with Gasteiger partial charge in [-0.25, -0.2) is 4.79 Å². The van der Waals surface area contributed by atoms with E-state index >= 15 is 0 Å². The highest BCUT2D eigenvalue weighted by Crippen LogP contribution is 2.31. The lowest BCUT2D eigenvalue weighted by Gasteiger charge is -2.20. The second-order valence-corrected chi connectivity index (χ2v) is 8.68. The quantitative estimate of drug-likeness (QED) is 0.556. The average molecular weight is 512 g/mol. The summed E-state index contributed by atoms with van der Waals surface area (Å²) < 4.78 is 47.9. The maximum atomic E-state index is 12.9. The first-order valence-corrected chi connectivity index (χ1v) is 11.2. The lowest BCUT2D eigenvalue weighted by molar-refractivity contribution is -0.153. The first-order valence-electron chi connectivity index (χ1n) is 11.2. The van der Waals surface area contributed by atoms with Crippen LogP contribution in [0.3, 0.4) is 0 Å². The summed E-state index contributed by atoms with van der Waals surface area (Å²) in [6.45, 7) is -0.860. The fourth-order valence-corrected chi connectivity index (χ4v) is 4.30. The summed E-state index contributed by atoms with van der Waals surface area (Å²) in [6, 6.07) is 10.9. The minimum absolute atomic E-state index is 0.0483. The van der Waals surface area contributed by atoms with Crippen LogP contribution in [-0.4, -0.2) is 69.6 Å². The molecule has 10 nitrogen and oxygen atoms in total. The van der Waals surface area contributed by atoms with Gasteiger partial charge < -0.3 is 19.3 Å². The van der Waals surface area contributed by atoms with Gasteiger partial charge in [0, 0.05) is 42.9 Å². The Kier molecular flexibility index (Phi) is 6.16. The van der Waals surface area contributed by atoms with Crippen LogP contribution in [0.2, 0.25) is 0 Å². The number of aromatic amines is 1. The molecular formula is C24H19F3N6O4. The second kappa shape index (κ2) is 9.45. The van der Waals surface area contributed by atoms with Gasteiger partial charge in [-0.2, -0.15) is 18.4 Å². The van der Waals surface area contributed by atoms with E-state index in [1.165, 1.54) is 23.1 Å². The third-order valence-corrected chi connectivity index (χ3v) is 6.11. The van der Waals surface area contributed by atoms with Crippen molar-refractivity contribution in [3.05, 3.63) is 64.9 Å². The number of fused-ring (bicyclic) bond motifs is 2. The lowest BCUT2D eigenvalue weighted by Crippen LogP contribution is -2.33. The largest absolute Gasteiger partial charge is 0.484 e. The summed E-state index contributed by atoms with van der Waals surface area (Å²) in [5, 5.41) is 19.4. The summed E-state index contributed by atoms with van der Waals surface area (Å²) in [7, 11) is 0. The van der Waals surface area contributed by atoms with Crippen molar-refractivity contribution in [2.45, 2.75) is 12.8 Å². The molecular weight excluding hydrogens is 493 g/mol. The van der Waals surface area contributed by atoms with Crippen LogP contribution in [0.4, 0.5) is 18.0 Å². The molecule has 2 amide bonds. The highest BCUT2D eigenvalue weighted by molar-refractivity contribution is 5.98. The fourth-order valence-electron chi connectivity index (χ4n) is 4.30. The van der Waals surface area contributed by atoms with Crippen molar-refractivity contribution < 1.29 is 32.2 Å². The van der Waals surface area contributed by atoms with E-state index < -0.39 is 18.9 Å². The monoisotopic (exact) mass is 512 g/mol. The van der Waals surface area contributed by atoms with Gasteiger partial charge in [0.05, 0.1) is 17.1 Å². The van der Waals surface area contributed by atoms with Gasteiger partial charge in [0.25, 0.3) is 5.91 Å². The molecule has 0 radical (unpaired) electrons. The molecule has 37 heavy (non-hydrogen) atoms. The predicted molar refractivity (Wildman–Crippen MR) is 121 cm³/mol. The molecule has 1 atom stereocenters. The van der Waals surface area contributed by atoms with Gasteiger partial charge in [0.15, 0.2) is 6.61 Å². The zero-order valence-electron chi connectivity index (χ0n) is 19.2. The summed E-state index contributed by atoms with van der Waals surface area (Å²) in [5.74, 6) is -0.413. The Hall–Kier alpha value is -4.60. The third-order valence-electron chi connectivity index (χ3n) is 6.11. The van der Waals surface area contributed by atoms with Crippen LogP contribution in [0.1, 0.15) is 21.5 Å². The van der Waals surface area contributed by atoms with Crippen molar-refractivity contribution in [3.63, 3.8) is 0 Å². The van der Waals surface area contributed by atoms with Crippen molar-refractivity contribution in [1.29, 1.82) is 5.26 Å². The van der Waals surface area contributed by atoms with Crippen LogP contribution in [0.5, 0.6) is 5.75 Å². The second-order valence-electron chi connectivity index (χ2n) is 8.68. The van der Waals surface area contributed by atoms with E-state index in [0.717, 1.165) is 11.1 Å². The molecule has 0 bridgehead atoms. The first-order chi connectivity index (χ1) is 17.7. The number of nitrogens with one attached hydrogen (secondary N) is 1. The molecule has 190 valence electrons. The molecule has 5 rings (SSSR count). The first kappa shape index (κ1) is 24.1. The molecule has 3 heterocycles. The van der Waals surface area contributed by atoms with E-state index in [1.807, 2.05) is 6.07 Å². The molecule has 1 aromatic heterocycles. The van der Waals surface area contributed by atoms with E-state index in [-0.39, 0.29) is 41.9 Å². The van der Waals surface area contributed by atoms with Crippen LogP contribution in [-0.2, 0) is 11.3 Å². The smallest absolute Gasteiger partial charge is 0.422 e. The summed E-state index contributed by atoms with van der Waals surface area (Å²) in [6.07, 6.45) is -3.47. The van der Waals surface area contributed by atoms with Gasteiger partial charge >= 0.3 is 12.3 Å². The van der Waals surface area contributed by atoms with Crippen molar-refractivity contribution in [2.24, 2.45) is 5.92 Å². The number of likely N-dealkylation sites (tertiary alicyclic amines) is 1. The van der Waals surface area contributed by atoms with Crippen molar-refractivity contribution in [2.75, 3.05) is 26.2 Å². The Bertz CT molecular complexity index is 1440. The van der Waals surface area contributed by atoms with E-state index in [0.29, 0.717) is 24.2 Å². The lowest BCUT2D eigenvalue weighted by atomic mass is 10.1. The Morgan fingerprint density at radius 2 is 2.03 bits per heavy atom. The normalized spacial score (nSPS) is 16.9. The van der Waals surface area contributed by atoms with Crippen LogP contribution in [0.25, 0.3) is 11.0 Å². The number of carbonyl (C=O) groups excluding carboxylic acids is 2. The van der Waals surface area contributed by atoms with Crippen LogP contribution in [0, 0.1) is 17.2 Å². The minimum Gasteiger partial charge on any atom is -0.484 e. The van der Waals surface area contributed by atoms with E-state index in [1.54, 1.807) is 29.3 Å². The number of nitrogens with zero attached hydrogens (tertiary/aromatic N) is 5. The number of rotatable bonds is 5. The molecule has 2 aliphatic heterocycles. The van der Waals surface area contributed by atoms with Gasteiger partial charge in [0.2, 0.25) is 0 Å². The molecule has 0 spiro atoms. The number of halogens is 3. The topological polar surface area (TPSA) is 124 Å². The van der Waals surface area contributed by atoms with Gasteiger partial charge in [-0.15, -0.1) is 5.10 Å². The summed E-state index contributed by atoms with van der Waals surface area (Å²) in [5.41, 5.74) is 3.01. The molecule has 1 saturated heterocycles. The molecule has 13 heteroatoms. The SMILES string of the molecule is N#Cc1ccc(COC(=O)N2CC3=CN(C(=O)c4ccc5[nH]nnc5c4)C[C@H]3C2)c(OCC(F)(F)F)c1. The molecule has 0 aliphatic carbocycles. The zero-order chi connectivity index (χ0) is 26.2. The van der Waals surface area contributed by atoms with E-state index in [2.05, 4.69) is 15.4 Å². The Labute approximate surface area is 207 Å². The van der Waals surface area contributed by atoms with Gasteiger partial charge in [-0.1, -0.05) is 11.3 Å². The summed E-state index contributed by atoms with van der Waals surface area (Å²) in [4.78, 5) is 28.6. The number of aromatic nitrogens is 3. The predicted octanol–water partition coefficient (Wildman–Crippen LogP) is 3.38. The molecule has 0 saturated carbocycles. The minimum atomic E-state index is -4.56. The molecule has 0 unspecified atom stereocenters. The standard InChI is InChI=1S/C24H19F3N6O4/c25-24(26,27)13-37-21-5-14(7-28)1-2-16(21)12-36-23(35)33-10-17-8-32(9-18(17)11-33)22(34)15-3-4-19-20(6-15)30-31-29-19/h1-6,8,18H,9-13H2,(H,29,30,31)/t18-/m0/s1. The number of ether oxygens (including phenoxy) is 2. The Balaban J connectivity index is 1.19. The van der Waals surface area contributed by atoms with Gasteiger partial charge in [-0.05, 0) is 35.9 Å². The Morgan fingerprint density at radius 3 is 2.78 bits per heavy atom. The maximum absolute atomic E-state index is 12.9. The molecule has 3 aromatic rings. The summed E-state index contributed by atoms with van der Waals surface area (Å²) >= 11 is 0. The zero-order valence-corrected chi connectivity index (χ0v) is 19.2.